The van der Waals surface area contributed by atoms with Crippen molar-refractivity contribution in [3.05, 3.63) is 0 Å². The summed E-state index contributed by atoms with van der Waals surface area (Å²) in [4.78, 5) is 16.5. The molecule has 0 aromatic carbocycles. The lowest BCUT2D eigenvalue weighted by Gasteiger charge is -2.32. The monoisotopic (exact) mass is 306 g/mol. The van der Waals surface area contributed by atoms with E-state index < -0.39 is 0 Å². The molecule has 0 rings (SSSR count). The summed E-state index contributed by atoms with van der Waals surface area (Å²) in [5.41, 5.74) is 0. The Balaban J connectivity index is 0. The second kappa shape index (κ2) is 11.4. The Hall–Kier alpha value is -0.280. The number of hydrogen-bond donors (Lipinski definition) is 0. The summed E-state index contributed by atoms with van der Waals surface area (Å²) in [6.07, 6.45) is 2.19. The lowest BCUT2D eigenvalue weighted by molar-refractivity contribution is -0.133. The Kier molecular flexibility index (Phi) is 12.5. The van der Waals surface area contributed by atoms with Crippen LogP contribution in [-0.4, -0.2) is 48.4 Å². The summed E-state index contributed by atoms with van der Waals surface area (Å²) >= 11 is 0. The van der Waals surface area contributed by atoms with Gasteiger partial charge in [0.05, 0.1) is 6.54 Å². The Bertz CT molecular complexity index is 243. The van der Waals surface area contributed by atoms with E-state index in [-0.39, 0.29) is 18.3 Å². The molecule has 0 aliphatic rings. The summed E-state index contributed by atoms with van der Waals surface area (Å²) < 4.78 is 0. The van der Waals surface area contributed by atoms with Crippen molar-refractivity contribution < 1.29 is 4.79 Å². The van der Waals surface area contributed by atoms with Crippen molar-refractivity contribution in [3.8, 4) is 0 Å². The van der Waals surface area contributed by atoms with Gasteiger partial charge in [0.25, 0.3) is 0 Å². The molecule has 0 aliphatic heterocycles. The third-order valence-corrected chi connectivity index (χ3v) is 3.68. The molecule has 0 saturated heterocycles. The van der Waals surface area contributed by atoms with Crippen molar-refractivity contribution in [1.82, 2.24) is 9.80 Å². The third kappa shape index (κ3) is 8.80. The van der Waals surface area contributed by atoms with E-state index in [1.54, 1.807) is 0 Å². The first-order chi connectivity index (χ1) is 8.81. The van der Waals surface area contributed by atoms with Crippen molar-refractivity contribution in [1.29, 1.82) is 0 Å². The quantitative estimate of drug-likeness (QED) is 0.649. The SMILES string of the molecule is CCN(CC)CC(=O)N(C)C(CC(C)C)CC(C)C.Cl. The van der Waals surface area contributed by atoms with Crippen LogP contribution in [0.1, 0.15) is 54.4 Å². The lowest BCUT2D eigenvalue weighted by atomic mass is 9.94. The van der Waals surface area contributed by atoms with Crippen molar-refractivity contribution >= 4 is 18.3 Å². The zero-order valence-corrected chi connectivity index (χ0v) is 15.3. The van der Waals surface area contributed by atoms with Crippen LogP contribution in [0, 0.1) is 11.8 Å². The van der Waals surface area contributed by atoms with E-state index in [1.165, 1.54) is 0 Å². The van der Waals surface area contributed by atoms with E-state index >= 15 is 0 Å². The molecule has 0 aromatic rings. The molecular weight excluding hydrogens is 272 g/mol. The smallest absolute Gasteiger partial charge is 0.236 e. The van der Waals surface area contributed by atoms with Gasteiger partial charge in [-0.25, -0.2) is 0 Å². The van der Waals surface area contributed by atoms with Crippen LogP contribution in [-0.2, 0) is 4.79 Å². The van der Waals surface area contributed by atoms with Gasteiger partial charge in [0.15, 0.2) is 0 Å². The topological polar surface area (TPSA) is 23.6 Å². The van der Waals surface area contributed by atoms with Gasteiger partial charge < -0.3 is 4.90 Å². The van der Waals surface area contributed by atoms with Gasteiger partial charge in [-0.2, -0.15) is 0 Å². The van der Waals surface area contributed by atoms with Gasteiger partial charge in [-0.1, -0.05) is 41.5 Å². The number of carbonyl (C=O) groups is 1. The first kappa shape index (κ1) is 22.0. The second-order valence-electron chi connectivity index (χ2n) is 6.38. The van der Waals surface area contributed by atoms with Crippen LogP contribution < -0.4 is 0 Å². The van der Waals surface area contributed by atoms with Crippen LogP contribution in [0.3, 0.4) is 0 Å². The summed E-state index contributed by atoms with van der Waals surface area (Å²) in [5, 5.41) is 0. The number of likely N-dealkylation sites (N-methyl/N-ethyl adjacent to an activating group) is 2. The number of rotatable bonds is 9. The zero-order chi connectivity index (χ0) is 15.0. The third-order valence-electron chi connectivity index (χ3n) is 3.68. The van der Waals surface area contributed by atoms with Crippen LogP contribution in [0.5, 0.6) is 0 Å². The van der Waals surface area contributed by atoms with Crippen LogP contribution in [0.2, 0.25) is 0 Å². The van der Waals surface area contributed by atoms with Gasteiger partial charge in [-0.05, 0) is 37.8 Å². The molecule has 1 amide bonds. The highest BCUT2D eigenvalue weighted by Crippen LogP contribution is 2.18. The molecule has 0 radical (unpaired) electrons. The minimum absolute atomic E-state index is 0. The minimum atomic E-state index is 0. The maximum absolute atomic E-state index is 12.4. The van der Waals surface area contributed by atoms with Gasteiger partial charge in [0.1, 0.15) is 0 Å². The fraction of sp³-hybridized carbons (Fsp3) is 0.938. The largest absolute Gasteiger partial charge is 0.342 e. The fourth-order valence-electron chi connectivity index (χ4n) is 2.45. The Labute approximate surface area is 132 Å². The first-order valence-electron chi connectivity index (χ1n) is 7.79. The Morgan fingerprint density at radius 3 is 1.65 bits per heavy atom. The summed E-state index contributed by atoms with van der Waals surface area (Å²) in [5.74, 6) is 1.52. The molecule has 0 aliphatic carbocycles. The Morgan fingerprint density at radius 1 is 0.950 bits per heavy atom. The molecule has 0 N–H and O–H groups in total. The fourth-order valence-corrected chi connectivity index (χ4v) is 2.45. The number of nitrogens with zero attached hydrogens (tertiary/aromatic N) is 2. The highest BCUT2D eigenvalue weighted by molar-refractivity contribution is 5.85. The number of halogens is 1. The number of carbonyl (C=O) groups excluding carboxylic acids is 1. The van der Waals surface area contributed by atoms with E-state index in [4.69, 9.17) is 0 Å². The lowest BCUT2D eigenvalue weighted by Crippen LogP contribution is -2.44. The first-order valence-corrected chi connectivity index (χ1v) is 7.79. The van der Waals surface area contributed by atoms with Crippen molar-refractivity contribution in [2.45, 2.75) is 60.4 Å². The second-order valence-corrected chi connectivity index (χ2v) is 6.38. The van der Waals surface area contributed by atoms with Crippen molar-refractivity contribution in [2.24, 2.45) is 11.8 Å². The molecule has 0 unspecified atom stereocenters. The number of hydrogen-bond acceptors (Lipinski definition) is 2. The molecule has 122 valence electrons. The molecule has 4 heteroatoms. The van der Waals surface area contributed by atoms with Gasteiger partial charge in [0.2, 0.25) is 5.91 Å². The van der Waals surface area contributed by atoms with Gasteiger partial charge >= 0.3 is 0 Å². The van der Waals surface area contributed by atoms with Gasteiger partial charge in [0, 0.05) is 13.1 Å². The molecule has 0 fully saturated rings. The standard InChI is InChI=1S/C16H34N2O.ClH/c1-8-18(9-2)12-16(19)17(7)15(10-13(3)4)11-14(5)6;/h13-15H,8-12H2,1-7H3;1H. The normalized spacial score (nSPS) is 11.3. The minimum Gasteiger partial charge on any atom is -0.342 e. The summed E-state index contributed by atoms with van der Waals surface area (Å²) in [7, 11) is 1.97. The predicted octanol–water partition coefficient (Wildman–Crippen LogP) is 3.67. The van der Waals surface area contributed by atoms with E-state index in [0.717, 1.165) is 25.9 Å². The van der Waals surface area contributed by atoms with Crippen LogP contribution in [0.4, 0.5) is 0 Å². The van der Waals surface area contributed by atoms with E-state index in [9.17, 15) is 4.79 Å². The molecule has 0 spiro atoms. The predicted molar refractivity (Wildman–Crippen MR) is 90.5 cm³/mol. The molecule has 3 nitrogen and oxygen atoms in total. The highest BCUT2D eigenvalue weighted by Gasteiger charge is 2.22. The average molecular weight is 307 g/mol. The molecule has 0 saturated carbocycles. The van der Waals surface area contributed by atoms with Crippen LogP contribution in [0.25, 0.3) is 0 Å². The van der Waals surface area contributed by atoms with E-state index in [2.05, 4.69) is 46.4 Å². The molecule has 20 heavy (non-hydrogen) atoms. The number of amides is 1. The molecule has 0 aromatic heterocycles. The molecule has 0 bridgehead atoms. The molecular formula is C16H35ClN2O. The zero-order valence-electron chi connectivity index (χ0n) is 14.5. The van der Waals surface area contributed by atoms with Crippen LogP contribution in [0.15, 0.2) is 0 Å². The van der Waals surface area contributed by atoms with E-state index in [1.807, 2.05) is 11.9 Å². The van der Waals surface area contributed by atoms with Crippen molar-refractivity contribution in [2.75, 3.05) is 26.7 Å². The van der Waals surface area contributed by atoms with E-state index in [0.29, 0.717) is 24.4 Å². The maximum atomic E-state index is 12.4. The Morgan fingerprint density at radius 2 is 1.35 bits per heavy atom. The highest BCUT2D eigenvalue weighted by atomic mass is 35.5. The molecule has 0 heterocycles. The van der Waals surface area contributed by atoms with Crippen LogP contribution >= 0.6 is 12.4 Å². The summed E-state index contributed by atoms with van der Waals surface area (Å²) in [6, 6.07) is 0.378. The average Bonchev–Trinajstić information content (AvgIpc) is 2.32. The molecule has 0 atom stereocenters. The summed E-state index contributed by atoms with van der Waals surface area (Å²) in [6.45, 7) is 15.6. The van der Waals surface area contributed by atoms with Gasteiger partial charge in [-0.3, -0.25) is 9.69 Å². The van der Waals surface area contributed by atoms with Crippen molar-refractivity contribution in [3.63, 3.8) is 0 Å². The van der Waals surface area contributed by atoms with Gasteiger partial charge in [-0.15, -0.1) is 12.4 Å². The maximum Gasteiger partial charge on any atom is 0.236 e.